The van der Waals surface area contributed by atoms with Gasteiger partial charge in [-0.2, -0.15) is 0 Å². The molecule has 2 nitrogen and oxygen atoms in total. The largest absolute Gasteiger partial charge is 0.466 e. The number of carbonyl (C=O) groups excluding carboxylic acids is 1. The molecule has 0 rings (SSSR count). The van der Waals surface area contributed by atoms with E-state index < -0.39 is 8.80 Å². The van der Waals surface area contributed by atoms with E-state index >= 15 is 0 Å². The molecular formula is C8H17O2Si. The summed E-state index contributed by atoms with van der Waals surface area (Å²) < 4.78 is 4.86. The molecule has 0 saturated carbocycles. The Morgan fingerprint density at radius 2 is 1.82 bits per heavy atom. The molecule has 0 aliphatic rings. The predicted octanol–water partition coefficient (Wildman–Crippen LogP) is 2.08. The minimum absolute atomic E-state index is 0.00918. The summed E-state index contributed by atoms with van der Waals surface area (Å²) >= 11 is 0. The van der Waals surface area contributed by atoms with Crippen molar-refractivity contribution in [2.45, 2.75) is 38.9 Å². The normalized spacial score (nSPS) is 10.2. The first-order chi connectivity index (χ1) is 5.24. The molecule has 0 saturated heterocycles. The molecular weight excluding hydrogens is 156 g/mol. The molecule has 0 bridgehead atoms. The molecule has 0 fully saturated rings. The van der Waals surface area contributed by atoms with E-state index in [2.05, 4.69) is 13.8 Å². The highest BCUT2D eigenvalue weighted by Gasteiger charge is 2.11. The van der Waals surface area contributed by atoms with Gasteiger partial charge in [-0.15, -0.1) is 0 Å². The van der Waals surface area contributed by atoms with Crippen LogP contribution in [0.4, 0.5) is 0 Å². The van der Waals surface area contributed by atoms with E-state index in [1.54, 1.807) is 0 Å². The van der Waals surface area contributed by atoms with Gasteiger partial charge in [-0.05, 0) is 6.92 Å². The Labute approximate surface area is 70.5 Å². The average Bonchev–Trinajstić information content (AvgIpc) is 2.01. The lowest BCUT2D eigenvalue weighted by atomic mass is 10.8. The molecule has 0 aromatic carbocycles. The predicted molar refractivity (Wildman–Crippen MR) is 48.2 cm³/mol. The van der Waals surface area contributed by atoms with Crippen LogP contribution >= 0.6 is 0 Å². The molecule has 11 heavy (non-hydrogen) atoms. The van der Waals surface area contributed by atoms with E-state index in [-0.39, 0.29) is 5.97 Å². The van der Waals surface area contributed by atoms with Gasteiger partial charge in [0.15, 0.2) is 0 Å². The maximum absolute atomic E-state index is 11.0. The third-order valence-electron chi connectivity index (χ3n) is 1.70. The van der Waals surface area contributed by atoms with Gasteiger partial charge in [0.25, 0.3) is 0 Å². The highest BCUT2D eigenvalue weighted by molar-refractivity contribution is 6.61. The van der Waals surface area contributed by atoms with Crippen molar-refractivity contribution in [1.82, 2.24) is 0 Å². The molecule has 0 N–H and O–H groups in total. The standard InChI is InChI=1S/C8H17O2Si/c1-4-10-8(9)7-11(5-2)6-3/h4-7H2,1-3H3. The summed E-state index contributed by atoms with van der Waals surface area (Å²) in [5.74, 6) is -0.00918. The third-order valence-corrected chi connectivity index (χ3v) is 4.49. The Morgan fingerprint density at radius 1 is 1.27 bits per heavy atom. The van der Waals surface area contributed by atoms with Crippen LogP contribution in [0.1, 0.15) is 20.8 Å². The second-order valence-corrected chi connectivity index (χ2v) is 5.71. The van der Waals surface area contributed by atoms with Gasteiger partial charge in [-0.3, -0.25) is 4.79 Å². The fourth-order valence-electron chi connectivity index (χ4n) is 0.916. The third kappa shape index (κ3) is 5.01. The summed E-state index contributed by atoms with van der Waals surface area (Å²) in [4.78, 5) is 11.0. The van der Waals surface area contributed by atoms with Crippen molar-refractivity contribution in [1.29, 1.82) is 0 Å². The maximum Gasteiger partial charge on any atom is 0.302 e. The Bertz CT molecular complexity index is 111. The second kappa shape index (κ2) is 6.40. The topological polar surface area (TPSA) is 26.3 Å². The summed E-state index contributed by atoms with van der Waals surface area (Å²) in [7, 11) is -0.419. The summed E-state index contributed by atoms with van der Waals surface area (Å²) in [6, 6.07) is 3.02. The Hall–Kier alpha value is -0.313. The fourth-order valence-corrected chi connectivity index (χ4v) is 2.43. The zero-order valence-corrected chi connectivity index (χ0v) is 8.64. The molecule has 0 aliphatic carbocycles. The van der Waals surface area contributed by atoms with Crippen LogP contribution in [0.2, 0.25) is 18.1 Å². The minimum atomic E-state index is -0.419. The zero-order valence-electron chi connectivity index (χ0n) is 7.64. The van der Waals surface area contributed by atoms with Crippen LogP contribution in [0.3, 0.4) is 0 Å². The SMILES string of the molecule is CCOC(=O)C[Si](CC)CC. The van der Waals surface area contributed by atoms with Gasteiger partial charge in [-0.1, -0.05) is 25.9 Å². The van der Waals surface area contributed by atoms with Crippen LogP contribution < -0.4 is 0 Å². The number of ether oxygens (including phenoxy) is 1. The van der Waals surface area contributed by atoms with Crippen molar-refractivity contribution in [2.24, 2.45) is 0 Å². The van der Waals surface area contributed by atoms with E-state index in [0.29, 0.717) is 12.7 Å². The van der Waals surface area contributed by atoms with Crippen LogP contribution in [0, 0.1) is 0 Å². The van der Waals surface area contributed by atoms with Crippen molar-refractivity contribution in [3.05, 3.63) is 0 Å². The minimum Gasteiger partial charge on any atom is -0.466 e. The highest BCUT2D eigenvalue weighted by atomic mass is 28.3. The molecule has 0 aromatic heterocycles. The van der Waals surface area contributed by atoms with Gasteiger partial charge < -0.3 is 4.74 Å². The van der Waals surface area contributed by atoms with Crippen LogP contribution in [0.15, 0.2) is 0 Å². The molecule has 0 aliphatic heterocycles. The lowest BCUT2D eigenvalue weighted by molar-refractivity contribution is -0.140. The Balaban J connectivity index is 3.54. The summed E-state index contributed by atoms with van der Waals surface area (Å²) in [5, 5.41) is 0. The van der Waals surface area contributed by atoms with Crippen molar-refractivity contribution in [3.63, 3.8) is 0 Å². The smallest absolute Gasteiger partial charge is 0.302 e. The van der Waals surface area contributed by atoms with Crippen LogP contribution in [0.5, 0.6) is 0 Å². The molecule has 0 unspecified atom stereocenters. The lowest BCUT2D eigenvalue weighted by Crippen LogP contribution is -2.16. The first kappa shape index (κ1) is 10.7. The number of carbonyl (C=O) groups is 1. The molecule has 1 radical (unpaired) electrons. The second-order valence-electron chi connectivity index (χ2n) is 2.44. The number of esters is 1. The molecule has 0 heterocycles. The monoisotopic (exact) mass is 173 g/mol. The number of hydrogen-bond acceptors (Lipinski definition) is 2. The Kier molecular flexibility index (Phi) is 6.22. The molecule has 65 valence electrons. The van der Waals surface area contributed by atoms with Crippen molar-refractivity contribution in [3.8, 4) is 0 Å². The molecule has 0 aromatic rings. The molecule has 0 spiro atoms. The first-order valence-corrected chi connectivity index (χ1v) is 6.35. The lowest BCUT2D eigenvalue weighted by Gasteiger charge is -2.08. The number of hydrogen-bond donors (Lipinski definition) is 0. The van der Waals surface area contributed by atoms with Crippen LogP contribution in [0.25, 0.3) is 0 Å². The van der Waals surface area contributed by atoms with E-state index in [0.717, 1.165) is 0 Å². The summed E-state index contributed by atoms with van der Waals surface area (Å²) in [5.41, 5.74) is 0. The average molecular weight is 173 g/mol. The van der Waals surface area contributed by atoms with Crippen LogP contribution in [-0.4, -0.2) is 21.4 Å². The quantitative estimate of drug-likeness (QED) is 0.470. The van der Waals surface area contributed by atoms with Gasteiger partial charge in [0, 0.05) is 6.04 Å². The van der Waals surface area contributed by atoms with Crippen molar-refractivity contribution < 1.29 is 9.53 Å². The van der Waals surface area contributed by atoms with Gasteiger partial charge in [0.2, 0.25) is 0 Å². The highest BCUT2D eigenvalue weighted by Crippen LogP contribution is 2.05. The number of rotatable bonds is 5. The Morgan fingerprint density at radius 3 is 2.18 bits per heavy atom. The molecule has 0 amide bonds. The first-order valence-electron chi connectivity index (χ1n) is 4.23. The zero-order chi connectivity index (χ0) is 8.69. The van der Waals surface area contributed by atoms with Crippen molar-refractivity contribution >= 4 is 14.8 Å². The fraction of sp³-hybridized carbons (Fsp3) is 0.875. The van der Waals surface area contributed by atoms with Gasteiger partial charge in [0.1, 0.15) is 0 Å². The van der Waals surface area contributed by atoms with Gasteiger partial charge in [-0.25, -0.2) is 0 Å². The van der Waals surface area contributed by atoms with Crippen molar-refractivity contribution in [2.75, 3.05) is 6.61 Å². The van der Waals surface area contributed by atoms with Gasteiger partial charge in [0.05, 0.1) is 15.4 Å². The van der Waals surface area contributed by atoms with E-state index in [9.17, 15) is 4.79 Å². The molecule has 3 heteroatoms. The summed E-state index contributed by atoms with van der Waals surface area (Å²) in [6.07, 6.45) is 0. The van der Waals surface area contributed by atoms with Crippen LogP contribution in [-0.2, 0) is 9.53 Å². The van der Waals surface area contributed by atoms with E-state index in [1.165, 1.54) is 12.1 Å². The molecule has 0 atom stereocenters. The maximum atomic E-state index is 11.0. The van der Waals surface area contributed by atoms with Gasteiger partial charge >= 0.3 is 5.97 Å². The van der Waals surface area contributed by atoms with E-state index in [4.69, 9.17) is 4.74 Å². The van der Waals surface area contributed by atoms with E-state index in [1.807, 2.05) is 6.92 Å². The summed E-state index contributed by atoms with van der Waals surface area (Å²) in [6.45, 7) is 6.66.